The molecule has 2 fully saturated rings. The van der Waals surface area contributed by atoms with E-state index in [9.17, 15) is 14.4 Å². The average Bonchev–Trinajstić information content (AvgIpc) is 3.55. The van der Waals surface area contributed by atoms with Gasteiger partial charge in [-0.05, 0) is 76.1 Å². The second-order valence-corrected chi connectivity index (χ2v) is 12.1. The van der Waals surface area contributed by atoms with Crippen molar-refractivity contribution in [2.45, 2.75) is 75.9 Å². The fourth-order valence-electron chi connectivity index (χ4n) is 6.46. The molecule has 214 valence electrons. The Kier molecular flexibility index (Phi) is 8.45. The molecule has 8 heteroatoms. The Bertz CT molecular complexity index is 1200. The third-order valence-electron chi connectivity index (χ3n) is 8.90. The zero-order chi connectivity index (χ0) is 28.3. The number of nitrogens with one attached hydrogen (secondary N) is 2. The van der Waals surface area contributed by atoms with E-state index in [2.05, 4.69) is 22.8 Å². The third kappa shape index (κ3) is 5.87. The molecule has 0 spiro atoms. The molecular formula is C32H43N5O3. The molecule has 3 heterocycles. The minimum Gasteiger partial charge on any atom is -0.341 e. The lowest BCUT2D eigenvalue weighted by Crippen LogP contribution is -2.56. The fraction of sp³-hybridized carbons (Fsp3) is 0.531. The summed E-state index contributed by atoms with van der Waals surface area (Å²) in [5, 5.41) is 6.49. The van der Waals surface area contributed by atoms with Crippen LogP contribution in [0, 0.1) is 0 Å². The average molecular weight is 546 g/mol. The highest BCUT2D eigenvalue weighted by molar-refractivity contribution is 6.08. The Morgan fingerprint density at radius 3 is 2.45 bits per heavy atom. The molecule has 2 N–H and O–H groups in total. The van der Waals surface area contributed by atoms with Gasteiger partial charge in [0.05, 0.1) is 5.41 Å². The van der Waals surface area contributed by atoms with Gasteiger partial charge >= 0.3 is 6.03 Å². The van der Waals surface area contributed by atoms with E-state index in [1.54, 1.807) is 11.9 Å². The molecule has 0 radical (unpaired) electrons. The smallest absolute Gasteiger partial charge is 0.317 e. The number of hydrogen-bond acceptors (Lipinski definition) is 4. The largest absolute Gasteiger partial charge is 0.341 e. The topological polar surface area (TPSA) is 85.0 Å². The van der Waals surface area contributed by atoms with E-state index in [-0.39, 0.29) is 23.9 Å². The fourth-order valence-corrected chi connectivity index (χ4v) is 6.46. The number of anilines is 1. The van der Waals surface area contributed by atoms with Gasteiger partial charge in [-0.2, -0.15) is 0 Å². The highest BCUT2D eigenvalue weighted by Crippen LogP contribution is 2.43. The minimum atomic E-state index is -0.601. The van der Waals surface area contributed by atoms with Crippen LogP contribution in [0.1, 0.15) is 57.1 Å². The van der Waals surface area contributed by atoms with Crippen LogP contribution in [0.3, 0.4) is 0 Å². The van der Waals surface area contributed by atoms with E-state index < -0.39 is 11.5 Å². The monoisotopic (exact) mass is 545 g/mol. The number of hydrogen-bond donors (Lipinski definition) is 2. The summed E-state index contributed by atoms with van der Waals surface area (Å²) < 4.78 is 0. The van der Waals surface area contributed by atoms with Gasteiger partial charge in [0.1, 0.15) is 6.04 Å². The number of benzene rings is 2. The van der Waals surface area contributed by atoms with Crippen LogP contribution >= 0.6 is 0 Å². The molecule has 0 aliphatic carbocycles. The maximum atomic E-state index is 13.8. The van der Waals surface area contributed by atoms with Crippen molar-refractivity contribution < 1.29 is 14.4 Å². The van der Waals surface area contributed by atoms with Crippen molar-refractivity contribution in [3.63, 3.8) is 0 Å². The number of carbonyl (C=O) groups is 3. The molecule has 2 atom stereocenters. The summed E-state index contributed by atoms with van der Waals surface area (Å²) in [5.74, 6) is 0.0925. The predicted octanol–water partition coefficient (Wildman–Crippen LogP) is 3.70. The molecule has 3 aliphatic rings. The molecule has 0 bridgehead atoms. The van der Waals surface area contributed by atoms with Crippen molar-refractivity contribution in [2.75, 3.05) is 38.1 Å². The number of nitrogens with zero attached hydrogens (tertiary/aromatic N) is 3. The second kappa shape index (κ2) is 12.0. The maximum Gasteiger partial charge on any atom is 0.317 e. The number of carbonyl (C=O) groups excluding carboxylic acids is 3. The van der Waals surface area contributed by atoms with Gasteiger partial charge in [0.15, 0.2) is 0 Å². The molecule has 0 aromatic heterocycles. The van der Waals surface area contributed by atoms with Crippen molar-refractivity contribution in [3.8, 4) is 0 Å². The number of para-hydroxylation sites is 1. The lowest BCUT2D eigenvalue weighted by molar-refractivity contribution is -0.134. The summed E-state index contributed by atoms with van der Waals surface area (Å²) in [6, 6.07) is 17.7. The Balaban J connectivity index is 1.24. The van der Waals surface area contributed by atoms with Gasteiger partial charge in [-0.15, -0.1) is 0 Å². The van der Waals surface area contributed by atoms with Gasteiger partial charge in [-0.1, -0.05) is 48.5 Å². The van der Waals surface area contributed by atoms with E-state index in [0.717, 1.165) is 36.2 Å². The van der Waals surface area contributed by atoms with Gasteiger partial charge in [-0.25, -0.2) is 4.79 Å². The predicted molar refractivity (Wildman–Crippen MR) is 157 cm³/mol. The van der Waals surface area contributed by atoms with Crippen LogP contribution in [0.5, 0.6) is 0 Å². The van der Waals surface area contributed by atoms with Gasteiger partial charge in [0, 0.05) is 44.5 Å². The van der Waals surface area contributed by atoms with Gasteiger partial charge < -0.3 is 25.3 Å². The van der Waals surface area contributed by atoms with Crippen LogP contribution in [0.15, 0.2) is 54.6 Å². The summed E-state index contributed by atoms with van der Waals surface area (Å²) in [7, 11) is 1.80. The summed E-state index contributed by atoms with van der Waals surface area (Å²) in [4.78, 5) is 45.9. The molecule has 0 saturated carbocycles. The quantitative estimate of drug-likeness (QED) is 0.530. The van der Waals surface area contributed by atoms with Crippen molar-refractivity contribution in [1.82, 2.24) is 20.4 Å². The zero-order valence-corrected chi connectivity index (χ0v) is 24.1. The number of urea groups is 1. The number of fused-ring (bicyclic) bond motifs is 1. The Hall–Kier alpha value is -3.39. The first-order valence-electron chi connectivity index (χ1n) is 14.8. The molecule has 2 saturated heterocycles. The highest BCUT2D eigenvalue weighted by atomic mass is 16.2. The maximum absolute atomic E-state index is 13.8. The first kappa shape index (κ1) is 28.1. The second-order valence-electron chi connectivity index (χ2n) is 12.1. The molecule has 5 rings (SSSR count). The summed E-state index contributed by atoms with van der Waals surface area (Å²) in [6.07, 6.45) is 4.86. The van der Waals surface area contributed by atoms with Crippen LogP contribution in [-0.2, 0) is 21.4 Å². The lowest BCUT2D eigenvalue weighted by Gasteiger charge is -2.39. The number of amides is 4. The SMILES string of the molecule is CN(CC1CCCN1)C(=O)NC(CCc1ccccc1)C(=O)N1CCC(N2C(=O)C(C)(C)c3ccccc32)CC1. The van der Waals surface area contributed by atoms with Crippen molar-refractivity contribution >= 4 is 23.5 Å². The first-order valence-corrected chi connectivity index (χ1v) is 14.8. The number of likely N-dealkylation sites (N-methyl/N-ethyl adjacent to an activating group) is 1. The third-order valence-corrected chi connectivity index (χ3v) is 8.90. The van der Waals surface area contributed by atoms with Crippen molar-refractivity contribution in [3.05, 3.63) is 65.7 Å². The Morgan fingerprint density at radius 1 is 1.05 bits per heavy atom. The van der Waals surface area contributed by atoms with E-state index in [1.807, 2.05) is 66.1 Å². The molecule has 4 amide bonds. The van der Waals surface area contributed by atoms with E-state index in [4.69, 9.17) is 0 Å². The number of aryl methyl sites for hydroxylation is 1. The lowest BCUT2D eigenvalue weighted by atomic mass is 9.86. The number of likely N-dealkylation sites (tertiary alicyclic amines) is 1. The van der Waals surface area contributed by atoms with Crippen LogP contribution in [0.25, 0.3) is 0 Å². The number of piperidine rings is 1. The van der Waals surface area contributed by atoms with Gasteiger partial charge in [0.25, 0.3) is 0 Å². The molecular weight excluding hydrogens is 502 g/mol. The highest BCUT2D eigenvalue weighted by Gasteiger charge is 2.47. The van der Waals surface area contributed by atoms with Crippen LogP contribution in [-0.4, -0.2) is 79.0 Å². The van der Waals surface area contributed by atoms with E-state index >= 15 is 0 Å². The minimum absolute atomic E-state index is 0.0383. The van der Waals surface area contributed by atoms with Crippen LogP contribution in [0.4, 0.5) is 10.5 Å². The van der Waals surface area contributed by atoms with Crippen molar-refractivity contribution in [1.29, 1.82) is 0 Å². The Labute approximate surface area is 238 Å². The summed E-state index contributed by atoms with van der Waals surface area (Å²) >= 11 is 0. The molecule has 2 aromatic rings. The number of rotatable bonds is 8. The van der Waals surface area contributed by atoms with Gasteiger partial charge in [-0.3, -0.25) is 9.59 Å². The molecule has 3 aliphatic heterocycles. The summed E-state index contributed by atoms with van der Waals surface area (Å²) in [6.45, 7) is 6.73. The molecule has 8 nitrogen and oxygen atoms in total. The molecule has 2 unspecified atom stereocenters. The normalized spacial score (nSPS) is 21.3. The van der Waals surface area contributed by atoms with Gasteiger partial charge in [0.2, 0.25) is 11.8 Å². The first-order chi connectivity index (χ1) is 19.3. The van der Waals surface area contributed by atoms with Crippen LogP contribution < -0.4 is 15.5 Å². The standard InChI is InChI=1S/C32H43N5O3/c1-32(2)26-13-7-8-14-28(26)37(30(32)39)25-17-20-36(21-18-25)29(38)27(16-15-23-10-5-4-6-11-23)34-31(40)35(3)22-24-12-9-19-33-24/h4-8,10-11,13-14,24-25,27,33H,9,12,15-22H2,1-3H3,(H,34,40). The van der Waals surface area contributed by atoms with E-state index in [1.165, 1.54) is 0 Å². The van der Waals surface area contributed by atoms with Crippen molar-refractivity contribution in [2.24, 2.45) is 0 Å². The zero-order valence-electron chi connectivity index (χ0n) is 24.1. The van der Waals surface area contributed by atoms with E-state index in [0.29, 0.717) is 51.4 Å². The van der Waals surface area contributed by atoms with Crippen LogP contribution in [0.2, 0.25) is 0 Å². The molecule has 40 heavy (non-hydrogen) atoms. The summed E-state index contributed by atoms with van der Waals surface area (Å²) in [5.41, 5.74) is 2.66. The molecule has 2 aromatic carbocycles. The Morgan fingerprint density at radius 2 is 1.75 bits per heavy atom.